The fourth-order valence-electron chi connectivity index (χ4n) is 0.871. The Bertz CT molecular complexity index is 207. The average Bonchev–Trinajstić information content (AvgIpc) is 2.34. The van der Waals surface area contributed by atoms with Crippen molar-refractivity contribution in [3.63, 3.8) is 0 Å². The van der Waals surface area contributed by atoms with Crippen molar-refractivity contribution in [1.82, 2.24) is 0 Å². The number of nitrogens with two attached hydrogens (primary N) is 2. The van der Waals surface area contributed by atoms with Gasteiger partial charge in [-0.05, 0) is 23.9 Å². The Kier molecular flexibility index (Phi) is 2.43. The van der Waals surface area contributed by atoms with Gasteiger partial charge >= 0.3 is 0 Å². The van der Waals surface area contributed by atoms with Gasteiger partial charge in [0.2, 0.25) is 0 Å². The van der Waals surface area contributed by atoms with Gasteiger partial charge in [-0.25, -0.2) is 0 Å². The molecule has 0 radical (unpaired) electrons. The van der Waals surface area contributed by atoms with Gasteiger partial charge in [-0.1, -0.05) is 0 Å². The van der Waals surface area contributed by atoms with Crippen LogP contribution in [0.15, 0.2) is 11.4 Å². The predicted octanol–water partition coefficient (Wildman–Crippen LogP) is 1.02. The van der Waals surface area contributed by atoms with Crippen molar-refractivity contribution in [3.05, 3.63) is 21.9 Å². The lowest BCUT2D eigenvalue weighted by atomic mass is 10.2. The number of hydrogen-bond donors (Lipinski definition) is 2. The summed E-state index contributed by atoms with van der Waals surface area (Å²) in [6, 6.07) is 2.09. The van der Waals surface area contributed by atoms with E-state index >= 15 is 0 Å². The molecule has 3 heteroatoms. The lowest BCUT2D eigenvalue weighted by Gasteiger charge is -2.06. The SMILES string of the molecule is Cc1ccsc1[C@@H](N)CN. The Morgan fingerprint density at radius 2 is 2.40 bits per heavy atom. The Morgan fingerprint density at radius 1 is 1.70 bits per heavy atom. The molecular formula is C7H12N2S. The van der Waals surface area contributed by atoms with E-state index in [1.54, 1.807) is 11.3 Å². The van der Waals surface area contributed by atoms with Crippen LogP contribution >= 0.6 is 11.3 Å². The molecule has 0 spiro atoms. The second-order valence-corrected chi connectivity index (χ2v) is 3.26. The molecule has 0 aromatic carbocycles. The maximum atomic E-state index is 5.72. The fraction of sp³-hybridized carbons (Fsp3) is 0.429. The maximum absolute atomic E-state index is 5.72. The molecule has 0 fully saturated rings. The van der Waals surface area contributed by atoms with Gasteiger partial charge in [0.05, 0.1) is 6.04 Å². The number of thiophene rings is 1. The second-order valence-electron chi connectivity index (χ2n) is 2.31. The summed E-state index contributed by atoms with van der Waals surface area (Å²) in [6.45, 7) is 2.59. The molecular weight excluding hydrogens is 144 g/mol. The molecule has 2 nitrogen and oxygen atoms in total. The fourth-order valence-corrected chi connectivity index (χ4v) is 1.82. The number of aryl methyl sites for hydroxylation is 1. The van der Waals surface area contributed by atoms with E-state index in [-0.39, 0.29) is 6.04 Å². The van der Waals surface area contributed by atoms with Crippen LogP contribution in [0.5, 0.6) is 0 Å². The smallest absolute Gasteiger partial charge is 0.0516 e. The summed E-state index contributed by atoms with van der Waals surface area (Å²) < 4.78 is 0. The third-order valence-corrected chi connectivity index (χ3v) is 2.64. The quantitative estimate of drug-likeness (QED) is 0.671. The molecule has 0 unspecified atom stereocenters. The van der Waals surface area contributed by atoms with Gasteiger partial charge in [0, 0.05) is 11.4 Å². The number of hydrogen-bond acceptors (Lipinski definition) is 3. The van der Waals surface area contributed by atoms with E-state index in [2.05, 4.69) is 13.0 Å². The molecule has 1 rings (SSSR count). The first-order chi connectivity index (χ1) is 4.75. The van der Waals surface area contributed by atoms with Gasteiger partial charge in [0.25, 0.3) is 0 Å². The summed E-state index contributed by atoms with van der Waals surface area (Å²) >= 11 is 1.68. The van der Waals surface area contributed by atoms with Crippen molar-refractivity contribution in [1.29, 1.82) is 0 Å². The largest absolute Gasteiger partial charge is 0.329 e. The highest BCUT2D eigenvalue weighted by Gasteiger charge is 2.06. The molecule has 1 atom stereocenters. The minimum atomic E-state index is 0.0278. The molecule has 1 aromatic heterocycles. The van der Waals surface area contributed by atoms with Crippen LogP contribution in [-0.4, -0.2) is 6.54 Å². The number of rotatable bonds is 2. The first-order valence-electron chi connectivity index (χ1n) is 3.25. The van der Waals surface area contributed by atoms with E-state index in [0.29, 0.717) is 6.54 Å². The van der Waals surface area contributed by atoms with Crippen LogP contribution in [-0.2, 0) is 0 Å². The van der Waals surface area contributed by atoms with Crippen LogP contribution in [0.1, 0.15) is 16.5 Å². The van der Waals surface area contributed by atoms with E-state index in [0.717, 1.165) is 0 Å². The summed E-state index contributed by atoms with van der Waals surface area (Å²) in [5, 5.41) is 2.04. The van der Waals surface area contributed by atoms with Crippen LogP contribution in [0.3, 0.4) is 0 Å². The Hall–Kier alpha value is -0.380. The Labute approximate surface area is 64.8 Å². The molecule has 0 aliphatic rings. The molecule has 0 aliphatic heterocycles. The monoisotopic (exact) mass is 156 g/mol. The molecule has 1 heterocycles. The van der Waals surface area contributed by atoms with Crippen molar-refractivity contribution in [2.45, 2.75) is 13.0 Å². The summed E-state index contributed by atoms with van der Waals surface area (Å²) in [5.41, 5.74) is 12.4. The van der Waals surface area contributed by atoms with Crippen LogP contribution in [0.2, 0.25) is 0 Å². The van der Waals surface area contributed by atoms with E-state index in [1.165, 1.54) is 10.4 Å². The Balaban J connectivity index is 2.82. The summed E-state index contributed by atoms with van der Waals surface area (Å²) in [6.07, 6.45) is 0. The molecule has 10 heavy (non-hydrogen) atoms. The molecule has 4 N–H and O–H groups in total. The zero-order chi connectivity index (χ0) is 7.56. The first-order valence-corrected chi connectivity index (χ1v) is 4.13. The molecule has 0 aliphatic carbocycles. The maximum Gasteiger partial charge on any atom is 0.0516 e. The van der Waals surface area contributed by atoms with Gasteiger partial charge in [0.1, 0.15) is 0 Å². The highest BCUT2D eigenvalue weighted by atomic mass is 32.1. The van der Waals surface area contributed by atoms with E-state index in [4.69, 9.17) is 11.5 Å². The van der Waals surface area contributed by atoms with E-state index in [1.807, 2.05) is 5.38 Å². The van der Waals surface area contributed by atoms with Crippen molar-refractivity contribution in [3.8, 4) is 0 Å². The molecule has 0 bridgehead atoms. The van der Waals surface area contributed by atoms with Gasteiger partial charge in [-0.2, -0.15) is 0 Å². The van der Waals surface area contributed by atoms with Crippen molar-refractivity contribution < 1.29 is 0 Å². The Morgan fingerprint density at radius 3 is 2.80 bits per heavy atom. The highest BCUT2D eigenvalue weighted by Crippen LogP contribution is 2.20. The molecule has 0 saturated carbocycles. The molecule has 0 saturated heterocycles. The lowest BCUT2D eigenvalue weighted by Crippen LogP contribution is -2.20. The van der Waals surface area contributed by atoms with E-state index in [9.17, 15) is 0 Å². The van der Waals surface area contributed by atoms with Crippen LogP contribution < -0.4 is 11.5 Å². The normalized spacial score (nSPS) is 13.5. The van der Waals surface area contributed by atoms with Crippen LogP contribution in [0.25, 0.3) is 0 Å². The molecule has 0 amide bonds. The molecule has 56 valence electrons. The van der Waals surface area contributed by atoms with Crippen LogP contribution in [0.4, 0.5) is 0 Å². The van der Waals surface area contributed by atoms with Gasteiger partial charge in [0.15, 0.2) is 0 Å². The predicted molar refractivity (Wildman–Crippen MR) is 45.0 cm³/mol. The van der Waals surface area contributed by atoms with Gasteiger partial charge in [-0.3, -0.25) is 0 Å². The zero-order valence-corrected chi connectivity index (χ0v) is 6.82. The zero-order valence-electron chi connectivity index (χ0n) is 6.00. The summed E-state index contributed by atoms with van der Waals surface area (Å²) in [7, 11) is 0. The van der Waals surface area contributed by atoms with Crippen molar-refractivity contribution in [2.24, 2.45) is 11.5 Å². The topological polar surface area (TPSA) is 52.0 Å². The van der Waals surface area contributed by atoms with Gasteiger partial charge in [-0.15, -0.1) is 11.3 Å². The summed E-state index contributed by atoms with van der Waals surface area (Å²) in [5.74, 6) is 0. The van der Waals surface area contributed by atoms with Crippen LogP contribution in [0, 0.1) is 6.92 Å². The van der Waals surface area contributed by atoms with Crippen molar-refractivity contribution >= 4 is 11.3 Å². The third kappa shape index (κ3) is 1.37. The standard InChI is InChI=1S/C7H12N2S/c1-5-2-3-10-7(5)6(9)4-8/h2-3,6H,4,8-9H2,1H3/t6-/m0/s1. The lowest BCUT2D eigenvalue weighted by molar-refractivity contribution is 0.747. The minimum Gasteiger partial charge on any atom is -0.329 e. The first kappa shape index (κ1) is 7.72. The summed E-state index contributed by atoms with van der Waals surface area (Å²) in [4.78, 5) is 1.21. The van der Waals surface area contributed by atoms with E-state index < -0.39 is 0 Å². The van der Waals surface area contributed by atoms with Gasteiger partial charge < -0.3 is 11.5 Å². The highest BCUT2D eigenvalue weighted by molar-refractivity contribution is 7.10. The average molecular weight is 156 g/mol. The third-order valence-electron chi connectivity index (χ3n) is 1.49. The molecule has 1 aromatic rings. The minimum absolute atomic E-state index is 0.0278. The second kappa shape index (κ2) is 3.14. The van der Waals surface area contributed by atoms with Crippen molar-refractivity contribution in [2.75, 3.05) is 6.54 Å².